The summed E-state index contributed by atoms with van der Waals surface area (Å²) in [7, 11) is 0. The SMILES string of the molecule is CCC(=O)OC1=C(CC)O[C@]2(C1=O)[C@@H](C)CC1C3CCC4=CC(=O)C=C[C@]4(C)[C@@]3(F)[C@@H](O)C[C@@]12C. The lowest BCUT2D eigenvalue weighted by Gasteiger charge is -2.62. The molecule has 2 unspecified atom stereocenters. The molecule has 5 aliphatic rings. The van der Waals surface area contributed by atoms with Gasteiger partial charge in [0.05, 0.1) is 6.10 Å². The Balaban J connectivity index is 1.58. The topological polar surface area (TPSA) is 89.9 Å². The molecule has 190 valence electrons. The highest BCUT2D eigenvalue weighted by molar-refractivity contribution is 6.05. The minimum absolute atomic E-state index is 0.0331. The zero-order valence-corrected chi connectivity index (χ0v) is 21.2. The Morgan fingerprint density at radius 1 is 1.26 bits per heavy atom. The Bertz CT molecular complexity index is 1100. The number of aliphatic hydroxyl groups is 1. The molecule has 5 rings (SSSR count). The van der Waals surface area contributed by atoms with Gasteiger partial charge in [0.15, 0.2) is 17.1 Å². The Kier molecular flexibility index (Phi) is 5.31. The fraction of sp³-hybridized carbons (Fsp3) is 0.679. The van der Waals surface area contributed by atoms with E-state index in [1.54, 1.807) is 19.9 Å². The first-order valence-electron chi connectivity index (χ1n) is 12.9. The van der Waals surface area contributed by atoms with Crippen molar-refractivity contribution in [1.29, 1.82) is 0 Å². The highest BCUT2D eigenvalue weighted by Gasteiger charge is 2.78. The summed E-state index contributed by atoms with van der Waals surface area (Å²) in [6, 6.07) is 0. The van der Waals surface area contributed by atoms with Gasteiger partial charge in [0.1, 0.15) is 5.76 Å². The predicted octanol–water partition coefficient (Wildman–Crippen LogP) is 4.52. The highest BCUT2D eigenvalue weighted by atomic mass is 19.1. The molecule has 8 atom stereocenters. The summed E-state index contributed by atoms with van der Waals surface area (Å²) in [6.45, 7) is 9.17. The number of carbonyl (C=O) groups excluding carboxylic acids is 3. The number of halogens is 1. The number of ether oxygens (including phenoxy) is 2. The Morgan fingerprint density at radius 2 is 1.97 bits per heavy atom. The van der Waals surface area contributed by atoms with Crippen LogP contribution in [0.2, 0.25) is 0 Å². The molecule has 35 heavy (non-hydrogen) atoms. The first-order valence-corrected chi connectivity index (χ1v) is 12.9. The maximum atomic E-state index is 17.3. The Morgan fingerprint density at radius 3 is 2.63 bits per heavy atom. The average Bonchev–Trinajstić information content (AvgIpc) is 3.22. The van der Waals surface area contributed by atoms with E-state index in [2.05, 4.69) is 0 Å². The van der Waals surface area contributed by atoms with Gasteiger partial charge in [-0.3, -0.25) is 14.4 Å². The number of rotatable bonds is 3. The standard InChI is InChI=1S/C28H35FO6/c1-6-20-23(34-22(32)7-2)24(33)28(35-20)15(3)12-19-18-9-8-16-13-17(30)10-11-25(16,4)27(18,29)21(31)14-26(19,28)5/h10-11,13,15,18-19,21,31H,6-9,12,14H2,1-5H3/t15-,18?,19?,21-,25-,26-,27-,28-/m0/s1. The molecule has 1 N–H and O–H groups in total. The van der Waals surface area contributed by atoms with Crippen molar-refractivity contribution in [2.24, 2.45) is 28.6 Å². The summed E-state index contributed by atoms with van der Waals surface area (Å²) in [5.41, 5.74) is -4.49. The fourth-order valence-corrected chi connectivity index (χ4v) is 8.34. The van der Waals surface area contributed by atoms with Gasteiger partial charge in [-0.2, -0.15) is 0 Å². The second-order valence-corrected chi connectivity index (χ2v) is 11.5. The van der Waals surface area contributed by atoms with Crippen LogP contribution in [0.3, 0.4) is 0 Å². The van der Waals surface area contributed by atoms with Crippen LogP contribution in [0.15, 0.2) is 35.3 Å². The summed E-state index contributed by atoms with van der Waals surface area (Å²) >= 11 is 0. The number of alkyl halides is 1. The molecule has 0 aromatic rings. The number of esters is 1. The van der Waals surface area contributed by atoms with E-state index in [0.29, 0.717) is 31.4 Å². The van der Waals surface area contributed by atoms with Crippen LogP contribution < -0.4 is 0 Å². The van der Waals surface area contributed by atoms with E-state index in [0.717, 1.165) is 5.57 Å². The molecule has 1 aliphatic heterocycles. The van der Waals surface area contributed by atoms with Gasteiger partial charge in [0.2, 0.25) is 11.5 Å². The number of carbonyl (C=O) groups is 3. The van der Waals surface area contributed by atoms with Crippen molar-refractivity contribution in [1.82, 2.24) is 0 Å². The lowest BCUT2D eigenvalue weighted by molar-refractivity contribution is -0.218. The maximum absolute atomic E-state index is 17.3. The molecule has 0 amide bonds. The molecule has 0 aromatic carbocycles. The third-order valence-corrected chi connectivity index (χ3v) is 10.1. The number of allylic oxidation sites excluding steroid dienone is 5. The van der Waals surface area contributed by atoms with Gasteiger partial charge in [-0.1, -0.05) is 39.3 Å². The largest absolute Gasteiger partial charge is 0.478 e. The maximum Gasteiger partial charge on any atom is 0.311 e. The second-order valence-electron chi connectivity index (χ2n) is 11.5. The van der Waals surface area contributed by atoms with Crippen molar-refractivity contribution in [2.45, 2.75) is 90.5 Å². The summed E-state index contributed by atoms with van der Waals surface area (Å²) < 4.78 is 29.3. The number of hydrogen-bond acceptors (Lipinski definition) is 6. The van der Waals surface area contributed by atoms with E-state index in [9.17, 15) is 19.5 Å². The van der Waals surface area contributed by atoms with Crippen molar-refractivity contribution in [3.63, 3.8) is 0 Å². The van der Waals surface area contributed by atoms with Crippen LogP contribution in [0.25, 0.3) is 0 Å². The number of hydrogen-bond donors (Lipinski definition) is 1. The third kappa shape index (κ3) is 2.76. The molecule has 3 saturated carbocycles. The molecule has 3 fully saturated rings. The van der Waals surface area contributed by atoms with Crippen LogP contribution in [-0.2, 0) is 23.9 Å². The van der Waals surface area contributed by atoms with Crippen LogP contribution in [0.1, 0.15) is 73.1 Å². The van der Waals surface area contributed by atoms with Gasteiger partial charge < -0.3 is 14.6 Å². The van der Waals surface area contributed by atoms with Crippen LogP contribution in [-0.4, -0.2) is 40.0 Å². The van der Waals surface area contributed by atoms with Gasteiger partial charge >= 0.3 is 5.97 Å². The minimum atomic E-state index is -1.97. The van der Waals surface area contributed by atoms with Crippen molar-refractivity contribution >= 4 is 17.5 Å². The van der Waals surface area contributed by atoms with E-state index in [-0.39, 0.29) is 42.0 Å². The van der Waals surface area contributed by atoms with E-state index >= 15 is 4.39 Å². The molecule has 7 heteroatoms. The van der Waals surface area contributed by atoms with Crippen LogP contribution in [0.4, 0.5) is 4.39 Å². The van der Waals surface area contributed by atoms with Gasteiger partial charge in [0, 0.05) is 35.5 Å². The lowest BCUT2D eigenvalue weighted by atomic mass is 9.44. The van der Waals surface area contributed by atoms with Crippen LogP contribution in [0.5, 0.6) is 0 Å². The molecular weight excluding hydrogens is 451 g/mol. The fourth-order valence-electron chi connectivity index (χ4n) is 8.34. The van der Waals surface area contributed by atoms with Crippen molar-refractivity contribution in [3.05, 3.63) is 35.3 Å². The molecule has 1 spiro atoms. The van der Waals surface area contributed by atoms with Crippen molar-refractivity contribution in [2.75, 3.05) is 0 Å². The van der Waals surface area contributed by atoms with E-state index in [1.807, 2.05) is 20.8 Å². The lowest BCUT2D eigenvalue weighted by Crippen LogP contribution is -2.69. The van der Waals surface area contributed by atoms with E-state index < -0.39 is 40.1 Å². The molecule has 0 radical (unpaired) electrons. The zero-order chi connectivity index (χ0) is 25.6. The molecular formula is C28H35FO6. The summed E-state index contributed by atoms with van der Waals surface area (Å²) in [4.78, 5) is 38.1. The van der Waals surface area contributed by atoms with E-state index in [1.165, 1.54) is 12.2 Å². The number of fused-ring (bicyclic) bond motifs is 6. The smallest absolute Gasteiger partial charge is 0.311 e. The quantitative estimate of drug-likeness (QED) is 0.590. The Hall–Kier alpha value is -2.28. The van der Waals surface area contributed by atoms with Crippen molar-refractivity contribution in [3.8, 4) is 0 Å². The summed E-state index contributed by atoms with van der Waals surface area (Å²) in [5.74, 6) is -1.69. The molecule has 1 heterocycles. The number of Topliss-reactive ketones (excluding diaryl/α,β-unsaturated/α-hetero) is 1. The van der Waals surface area contributed by atoms with Crippen LogP contribution >= 0.6 is 0 Å². The second kappa shape index (κ2) is 7.61. The zero-order valence-electron chi connectivity index (χ0n) is 21.2. The average molecular weight is 487 g/mol. The molecule has 0 bridgehead atoms. The van der Waals surface area contributed by atoms with E-state index in [4.69, 9.17) is 9.47 Å². The van der Waals surface area contributed by atoms with Crippen molar-refractivity contribution < 1.29 is 33.4 Å². The normalized spacial score (nSPS) is 46.2. The first-order chi connectivity index (χ1) is 16.4. The Labute approximate surface area is 205 Å². The monoisotopic (exact) mass is 486 g/mol. The molecule has 4 aliphatic carbocycles. The number of aliphatic hydroxyl groups excluding tert-OH is 1. The van der Waals surface area contributed by atoms with Gasteiger partial charge in [-0.25, -0.2) is 4.39 Å². The predicted molar refractivity (Wildman–Crippen MR) is 125 cm³/mol. The number of ketones is 2. The van der Waals surface area contributed by atoms with Crippen LogP contribution in [0, 0.1) is 28.6 Å². The highest BCUT2D eigenvalue weighted by Crippen LogP contribution is 2.72. The minimum Gasteiger partial charge on any atom is -0.478 e. The summed E-state index contributed by atoms with van der Waals surface area (Å²) in [5, 5.41) is 11.5. The van der Waals surface area contributed by atoms with Gasteiger partial charge in [-0.05, 0) is 50.7 Å². The van der Waals surface area contributed by atoms with Gasteiger partial charge in [0.25, 0.3) is 0 Å². The van der Waals surface area contributed by atoms with Gasteiger partial charge in [-0.15, -0.1) is 0 Å². The third-order valence-electron chi connectivity index (χ3n) is 10.1. The molecule has 0 saturated heterocycles. The first kappa shape index (κ1) is 24.4. The molecule has 0 aromatic heterocycles. The molecule has 6 nitrogen and oxygen atoms in total. The summed E-state index contributed by atoms with van der Waals surface area (Å²) in [6.07, 6.45) is 5.37.